The van der Waals surface area contributed by atoms with Crippen molar-refractivity contribution in [1.29, 1.82) is 0 Å². The molecule has 0 fully saturated rings. The minimum absolute atomic E-state index is 0.413. The van der Waals surface area contributed by atoms with E-state index in [0.29, 0.717) is 12.5 Å². The Labute approximate surface area is 97.5 Å². The molecule has 0 unspecified atom stereocenters. The minimum atomic E-state index is 0.413. The van der Waals surface area contributed by atoms with Crippen molar-refractivity contribution >= 4 is 22.9 Å². The molecule has 0 saturated heterocycles. The Morgan fingerprint density at radius 1 is 1.40 bits per heavy atom. The number of nitrogens with zero attached hydrogens (tertiary/aromatic N) is 1. The maximum absolute atomic E-state index is 5.68. The molecule has 0 aliphatic rings. The number of halogens is 1. The lowest BCUT2D eigenvalue weighted by Gasteiger charge is -2.04. The second-order valence-corrected chi connectivity index (χ2v) is 4.28. The number of alkyl halides is 1. The highest BCUT2D eigenvalue weighted by Crippen LogP contribution is 2.16. The van der Waals surface area contributed by atoms with Crippen LogP contribution in [0.1, 0.15) is 10.6 Å². The van der Waals surface area contributed by atoms with Crippen LogP contribution < -0.4 is 4.74 Å². The molecule has 0 aromatic carbocycles. The molecule has 0 radical (unpaired) electrons. The van der Waals surface area contributed by atoms with Crippen molar-refractivity contribution in [3.8, 4) is 5.75 Å². The Morgan fingerprint density at radius 2 is 2.33 bits per heavy atom. The van der Waals surface area contributed by atoms with E-state index in [1.807, 2.05) is 29.6 Å². The van der Waals surface area contributed by atoms with Gasteiger partial charge in [0.25, 0.3) is 0 Å². The lowest BCUT2D eigenvalue weighted by molar-refractivity contribution is 0.309. The predicted molar refractivity (Wildman–Crippen MR) is 62.4 cm³/mol. The second kappa shape index (κ2) is 5.14. The van der Waals surface area contributed by atoms with Crippen LogP contribution in [0.2, 0.25) is 0 Å². The topological polar surface area (TPSA) is 22.1 Å². The zero-order chi connectivity index (χ0) is 10.5. The van der Waals surface area contributed by atoms with Gasteiger partial charge in [-0.2, -0.15) is 0 Å². The monoisotopic (exact) mass is 239 g/mol. The molecule has 0 aliphatic heterocycles. The number of ether oxygens (including phenoxy) is 1. The number of hydrogen-bond donors (Lipinski definition) is 0. The van der Waals surface area contributed by atoms with E-state index in [9.17, 15) is 0 Å². The van der Waals surface area contributed by atoms with Gasteiger partial charge in [-0.3, -0.25) is 4.98 Å². The molecule has 0 N–H and O–H groups in total. The second-order valence-electron chi connectivity index (χ2n) is 2.98. The standard InChI is InChI=1S/C11H10ClNOS/c12-7-9-6-10(3-4-13-9)14-8-11-2-1-5-15-11/h1-6H,7-8H2. The fraction of sp³-hybridized carbons (Fsp3) is 0.182. The van der Waals surface area contributed by atoms with Crippen molar-refractivity contribution in [3.63, 3.8) is 0 Å². The normalized spacial score (nSPS) is 10.2. The van der Waals surface area contributed by atoms with E-state index in [1.54, 1.807) is 17.5 Å². The van der Waals surface area contributed by atoms with Gasteiger partial charge >= 0.3 is 0 Å². The van der Waals surface area contributed by atoms with Crippen LogP contribution in [0.4, 0.5) is 0 Å². The molecule has 0 atom stereocenters. The van der Waals surface area contributed by atoms with E-state index < -0.39 is 0 Å². The van der Waals surface area contributed by atoms with Gasteiger partial charge in [0.1, 0.15) is 12.4 Å². The molecule has 0 aliphatic carbocycles. The van der Waals surface area contributed by atoms with Gasteiger partial charge in [0.15, 0.2) is 0 Å². The van der Waals surface area contributed by atoms with E-state index in [-0.39, 0.29) is 0 Å². The Morgan fingerprint density at radius 3 is 3.07 bits per heavy atom. The molecule has 2 aromatic heterocycles. The molecule has 4 heteroatoms. The molecule has 0 saturated carbocycles. The van der Waals surface area contributed by atoms with Crippen LogP contribution in [0.3, 0.4) is 0 Å². The third-order valence-electron chi connectivity index (χ3n) is 1.89. The van der Waals surface area contributed by atoms with Gasteiger partial charge in [-0.15, -0.1) is 22.9 Å². The van der Waals surface area contributed by atoms with Gasteiger partial charge in [0.05, 0.1) is 11.6 Å². The third kappa shape index (κ3) is 2.94. The summed E-state index contributed by atoms with van der Waals surface area (Å²) in [6, 6.07) is 7.76. The predicted octanol–water partition coefficient (Wildman–Crippen LogP) is 3.46. The molecule has 2 rings (SSSR count). The zero-order valence-corrected chi connectivity index (χ0v) is 9.59. The van der Waals surface area contributed by atoms with Crippen LogP contribution in [-0.2, 0) is 12.5 Å². The Hall–Kier alpha value is -1.06. The molecule has 0 amide bonds. The SMILES string of the molecule is ClCc1cc(OCc2cccs2)ccn1. The summed E-state index contributed by atoms with van der Waals surface area (Å²) in [4.78, 5) is 5.30. The smallest absolute Gasteiger partial charge is 0.123 e. The molecular formula is C11H10ClNOS. The summed E-state index contributed by atoms with van der Waals surface area (Å²) in [5.41, 5.74) is 0.834. The fourth-order valence-corrected chi connectivity index (χ4v) is 1.93. The summed E-state index contributed by atoms with van der Waals surface area (Å²) < 4.78 is 5.60. The fourth-order valence-electron chi connectivity index (χ4n) is 1.17. The largest absolute Gasteiger partial charge is 0.488 e. The highest BCUT2D eigenvalue weighted by atomic mass is 35.5. The first-order valence-electron chi connectivity index (χ1n) is 4.54. The Bertz CT molecular complexity index is 416. The van der Waals surface area contributed by atoms with Crippen LogP contribution in [-0.4, -0.2) is 4.98 Å². The molecule has 2 aromatic rings. The molecule has 2 heterocycles. The van der Waals surface area contributed by atoms with Crippen LogP contribution in [0, 0.1) is 0 Å². The van der Waals surface area contributed by atoms with Gasteiger partial charge < -0.3 is 4.74 Å². The maximum atomic E-state index is 5.68. The summed E-state index contributed by atoms with van der Waals surface area (Å²) in [5.74, 6) is 1.23. The number of thiophene rings is 1. The van der Waals surface area contributed by atoms with Crippen molar-refractivity contribution in [2.24, 2.45) is 0 Å². The summed E-state index contributed by atoms with van der Waals surface area (Å²) >= 11 is 7.37. The third-order valence-corrected chi connectivity index (χ3v) is 3.01. The minimum Gasteiger partial charge on any atom is -0.488 e. The quantitative estimate of drug-likeness (QED) is 0.763. The first-order valence-corrected chi connectivity index (χ1v) is 5.96. The van der Waals surface area contributed by atoms with E-state index in [0.717, 1.165) is 11.4 Å². The van der Waals surface area contributed by atoms with Crippen LogP contribution in [0.25, 0.3) is 0 Å². The summed E-state index contributed by atoms with van der Waals surface area (Å²) in [6.07, 6.45) is 1.71. The van der Waals surface area contributed by atoms with Gasteiger partial charge in [-0.1, -0.05) is 6.07 Å². The van der Waals surface area contributed by atoms with Crippen molar-refractivity contribution in [2.45, 2.75) is 12.5 Å². The number of rotatable bonds is 4. The van der Waals surface area contributed by atoms with Crippen molar-refractivity contribution < 1.29 is 4.74 Å². The van der Waals surface area contributed by atoms with E-state index in [4.69, 9.17) is 16.3 Å². The van der Waals surface area contributed by atoms with Crippen LogP contribution >= 0.6 is 22.9 Å². The molecule has 0 bridgehead atoms. The molecule has 15 heavy (non-hydrogen) atoms. The Kier molecular flexibility index (Phi) is 3.59. The van der Waals surface area contributed by atoms with Gasteiger partial charge in [-0.05, 0) is 17.5 Å². The first-order chi connectivity index (χ1) is 7.38. The van der Waals surface area contributed by atoms with Gasteiger partial charge in [-0.25, -0.2) is 0 Å². The summed E-state index contributed by atoms with van der Waals surface area (Å²) in [5, 5.41) is 2.04. The maximum Gasteiger partial charge on any atom is 0.123 e. The van der Waals surface area contributed by atoms with Crippen molar-refractivity contribution in [1.82, 2.24) is 4.98 Å². The summed E-state index contributed by atoms with van der Waals surface area (Å²) in [6.45, 7) is 0.601. The summed E-state index contributed by atoms with van der Waals surface area (Å²) in [7, 11) is 0. The molecule has 78 valence electrons. The zero-order valence-electron chi connectivity index (χ0n) is 8.02. The average molecular weight is 240 g/mol. The molecule has 0 spiro atoms. The van der Waals surface area contributed by atoms with Crippen LogP contribution in [0.5, 0.6) is 5.75 Å². The number of pyridine rings is 1. The number of hydrogen-bond acceptors (Lipinski definition) is 3. The van der Waals surface area contributed by atoms with E-state index >= 15 is 0 Å². The number of aromatic nitrogens is 1. The first kappa shape index (κ1) is 10.5. The molecular weight excluding hydrogens is 230 g/mol. The van der Waals surface area contributed by atoms with Gasteiger partial charge in [0.2, 0.25) is 0 Å². The average Bonchev–Trinajstić information content (AvgIpc) is 2.79. The molecule has 2 nitrogen and oxygen atoms in total. The van der Waals surface area contributed by atoms with E-state index in [2.05, 4.69) is 4.98 Å². The lowest BCUT2D eigenvalue weighted by Crippen LogP contribution is -1.94. The van der Waals surface area contributed by atoms with Crippen LogP contribution in [0.15, 0.2) is 35.8 Å². The highest BCUT2D eigenvalue weighted by Gasteiger charge is 1.98. The highest BCUT2D eigenvalue weighted by molar-refractivity contribution is 7.09. The van der Waals surface area contributed by atoms with Crippen molar-refractivity contribution in [2.75, 3.05) is 0 Å². The van der Waals surface area contributed by atoms with Gasteiger partial charge in [0, 0.05) is 17.1 Å². The Balaban J connectivity index is 1.98. The lowest BCUT2D eigenvalue weighted by atomic mass is 10.3. The van der Waals surface area contributed by atoms with E-state index in [1.165, 1.54) is 4.88 Å². The van der Waals surface area contributed by atoms with Crippen molar-refractivity contribution in [3.05, 3.63) is 46.4 Å².